The SMILES string of the molecule is CBC(=O)Nc1ccc2cnccc2c1. The quantitative estimate of drug-likeness (QED) is 0.751. The number of hydrogen-bond acceptors (Lipinski definition) is 2. The van der Waals surface area contributed by atoms with Crippen LogP contribution in [0.5, 0.6) is 0 Å². The van der Waals surface area contributed by atoms with Crippen LogP contribution in [0.1, 0.15) is 0 Å². The lowest BCUT2D eigenvalue weighted by Gasteiger charge is -2.04. The molecule has 1 aromatic carbocycles. The largest absolute Gasteiger partial charge is 0.335 e. The molecular weight excluding hydrogens is 187 g/mol. The van der Waals surface area contributed by atoms with Crippen LogP contribution in [0.2, 0.25) is 6.82 Å². The Morgan fingerprint density at radius 3 is 3.00 bits per heavy atom. The molecule has 1 aromatic heterocycles. The molecule has 0 atom stereocenters. The molecule has 2 aromatic rings. The number of carbonyl (C=O) groups excluding carboxylic acids is 1. The minimum absolute atomic E-state index is 0.0309. The zero-order valence-corrected chi connectivity index (χ0v) is 8.53. The van der Waals surface area contributed by atoms with Crippen LogP contribution >= 0.6 is 0 Å². The van der Waals surface area contributed by atoms with Gasteiger partial charge in [0.15, 0.2) is 5.81 Å². The number of hydrogen-bond donors (Lipinski definition) is 1. The maximum Gasteiger partial charge on any atom is 0.231 e. The second-order valence-electron chi connectivity index (χ2n) is 3.34. The average molecular weight is 198 g/mol. The molecule has 0 aliphatic carbocycles. The van der Waals surface area contributed by atoms with Crippen molar-refractivity contribution in [3.8, 4) is 0 Å². The van der Waals surface area contributed by atoms with Crippen LogP contribution in [0.15, 0.2) is 36.7 Å². The number of rotatable bonds is 2. The Hall–Kier alpha value is -1.84. The number of carbonyl (C=O) groups is 1. The van der Waals surface area contributed by atoms with Crippen molar-refractivity contribution in [3.05, 3.63) is 36.7 Å². The summed E-state index contributed by atoms with van der Waals surface area (Å²) in [7, 11) is 0.494. The number of nitrogens with one attached hydrogen (secondary N) is 1. The predicted octanol–water partition coefficient (Wildman–Crippen LogP) is 2.25. The Morgan fingerprint density at radius 2 is 2.20 bits per heavy atom. The van der Waals surface area contributed by atoms with E-state index in [-0.39, 0.29) is 5.81 Å². The molecule has 0 unspecified atom stereocenters. The second kappa shape index (κ2) is 4.13. The van der Waals surface area contributed by atoms with E-state index in [1.165, 1.54) is 0 Å². The van der Waals surface area contributed by atoms with Crippen LogP contribution in [-0.2, 0) is 0 Å². The molecule has 2 rings (SSSR count). The van der Waals surface area contributed by atoms with E-state index in [1.807, 2.05) is 31.1 Å². The van der Waals surface area contributed by atoms with E-state index in [9.17, 15) is 4.79 Å². The Morgan fingerprint density at radius 1 is 1.33 bits per heavy atom. The van der Waals surface area contributed by atoms with Gasteiger partial charge in [-0.1, -0.05) is 12.9 Å². The van der Waals surface area contributed by atoms with E-state index >= 15 is 0 Å². The molecule has 1 amide bonds. The minimum atomic E-state index is 0.0309. The molecular formula is C11H11BN2O. The number of aromatic nitrogens is 1. The van der Waals surface area contributed by atoms with E-state index in [4.69, 9.17) is 0 Å². The first kappa shape index (κ1) is 9.71. The lowest BCUT2D eigenvalue weighted by Crippen LogP contribution is -2.14. The topological polar surface area (TPSA) is 42.0 Å². The van der Waals surface area contributed by atoms with Crippen molar-refractivity contribution >= 4 is 29.5 Å². The predicted molar refractivity (Wildman–Crippen MR) is 63.8 cm³/mol. The number of nitrogens with zero attached hydrogens (tertiary/aromatic N) is 1. The molecule has 74 valence electrons. The van der Waals surface area contributed by atoms with Crippen molar-refractivity contribution in [1.29, 1.82) is 0 Å². The maximum atomic E-state index is 11.2. The first-order valence-corrected chi connectivity index (χ1v) is 4.93. The minimum Gasteiger partial charge on any atom is -0.335 e. The van der Waals surface area contributed by atoms with Gasteiger partial charge in [0.2, 0.25) is 7.28 Å². The van der Waals surface area contributed by atoms with Crippen LogP contribution in [0.4, 0.5) is 10.5 Å². The van der Waals surface area contributed by atoms with Crippen molar-refractivity contribution in [2.75, 3.05) is 5.32 Å². The van der Waals surface area contributed by atoms with Gasteiger partial charge in [0.05, 0.1) is 0 Å². The zero-order valence-electron chi connectivity index (χ0n) is 8.53. The number of benzene rings is 1. The third kappa shape index (κ3) is 2.15. The molecule has 0 saturated heterocycles. The van der Waals surface area contributed by atoms with Crippen molar-refractivity contribution in [2.24, 2.45) is 0 Å². The van der Waals surface area contributed by atoms with Crippen molar-refractivity contribution < 1.29 is 4.79 Å². The highest BCUT2D eigenvalue weighted by Crippen LogP contribution is 2.17. The van der Waals surface area contributed by atoms with Crippen LogP contribution in [0.3, 0.4) is 0 Å². The summed E-state index contributed by atoms with van der Waals surface area (Å²) in [6.45, 7) is 1.83. The van der Waals surface area contributed by atoms with E-state index in [0.29, 0.717) is 7.28 Å². The van der Waals surface area contributed by atoms with Gasteiger partial charge in [-0.25, -0.2) is 0 Å². The molecule has 15 heavy (non-hydrogen) atoms. The number of fused-ring (bicyclic) bond motifs is 1. The van der Waals surface area contributed by atoms with Gasteiger partial charge in [-0.15, -0.1) is 0 Å². The van der Waals surface area contributed by atoms with Crippen LogP contribution in [0, 0.1) is 0 Å². The standard InChI is InChI=1S/C11H11BN2O/c1-12-11(15)14-10-3-2-9-7-13-5-4-8(9)6-10/h2-7,12H,1H3,(H,14,15). The molecule has 4 heteroatoms. The van der Waals surface area contributed by atoms with Crippen molar-refractivity contribution in [3.63, 3.8) is 0 Å². The molecule has 0 radical (unpaired) electrons. The highest BCUT2D eigenvalue weighted by molar-refractivity contribution is 6.74. The van der Waals surface area contributed by atoms with E-state index in [1.54, 1.807) is 12.4 Å². The first-order chi connectivity index (χ1) is 7.29. The molecule has 0 saturated carbocycles. The number of anilines is 1. The summed E-state index contributed by atoms with van der Waals surface area (Å²) in [4.78, 5) is 15.2. The second-order valence-corrected chi connectivity index (χ2v) is 3.34. The monoisotopic (exact) mass is 198 g/mol. The van der Waals surface area contributed by atoms with Gasteiger partial charge >= 0.3 is 0 Å². The lowest BCUT2D eigenvalue weighted by molar-refractivity contribution is 0.268. The van der Waals surface area contributed by atoms with E-state index in [2.05, 4.69) is 10.3 Å². The van der Waals surface area contributed by atoms with Crippen LogP contribution in [0.25, 0.3) is 10.8 Å². The summed E-state index contributed by atoms with van der Waals surface area (Å²) in [5, 5.41) is 4.98. The molecule has 3 nitrogen and oxygen atoms in total. The van der Waals surface area contributed by atoms with Crippen molar-refractivity contribution in [1.82, 2.24) is 4.98 Å². The normalized spacial score (nSPS) is 9.93. The number of amides is 1. The Kier molecular flexibility index (Phi) is 2.67. The fourth-order valence-electron chi connectivity index (χ4n) is 1.41. The van der Waals surface area contributed by atoms with Gasteiger partial charge < -0.3 is 5.32 Å². The summed E-state index contributed by atoms with van der Waals surface area (Å²) >= 11 is 0. The fraction of sp³-hybridized carbons (Fsp3) is 0.0909. The Balaban J connectivity index is 2.34. The first-order valence-electron chi connectivity index (χ1n) is 4.93. The molecule has 0 fully saturated rings. The van der Waals surface area contributed by atoms with E-state index < -0.39 is 0 Å². The molecule has 1 heterocycles. The fourth-order valence-corrected chi connectivity index (χ4v) is 1.41. The van der Waals surface area contributed by atoms with E-state index in [0.717, 1.165) is 16.5 Å². The highest BCUT2D eigenvalue weighted by atomic mass is 16.1. The van der Waals surface area contributed by atoms with Gasteiger partial charge in [-0.2, -0.15) is 0 Å². The number of pyridine rings is 1. The summed E-state index contributed by atoms with van der Waals surface area (Å²) in [5.74, 6) is 0.0309. The van der Waals surface area contributed by atoms with Crippen LogP contribution < -0.4 is 5.32 Å². The van der Waals surface area contributed by atoms with Gasteiger partial charge in [0.1, 0.15) is 0 Å². The van der Waals surface area contributed by atoms with Gasteiger partial charge in [0, 0.05) is 23.5 Å². The van der Waals surface area contributed by atoms with Gasteiger partial charge in [-0.3, -0.25) is 9.78 Å². The molecule has 0 aliphatic heterocycles. The maximum absolute atomic E-state index is 11.2. The molecule has 1 N–H and O–H groups in total. The lowest BCUT2D eigenvalue weighted by atomic mass is 9.81. The third-order valence-electron chi connectivity index (χ3n) is 2.25. The zero-order chi connectivity index (χ0) is 10.7. The van der Waals surface area contributed by atoms with Crippen molar-refractivity contribution in [2.45, 2.75) is 6.82 Å². The molecule has 0 spiro atoms. The summed E-state index contributed by atoms with van der Waals surface area (Å²) < 4.78 is 0. The average Bonchev–Trinajstić information content (AvgIpc) is 2.29. The third-order valence-corrected chi connectivity index (χ3v) is 2.25. The summed E-state index contributed by atoms with van der Waals surface area (Å²) in [6, 6.07) is 7.71. The van der Waals surface area contributed by atoms with Gasteiger partial charge in [0.25, 0.3) is 0 Å². The highest BCUT2D eigenvalue weighted by Gasteiger charge is 2.00. The Labute approximate surface area is 88.8 Å². The van der Waals surface area contributed by atoms with Gasteiger partial charge in [-0.05, 0) is 23.6 Å². The molecule has 0 aliphatic rings. The Bertz CT molecular complexity index is 499. The summed E-state index contributed by atoms with van der Waals surface area (Å²) in [6.07, 6.45) is 3.55. The smallest absolute Gasteiger partial charge is 0.231 e. The van der Waals surface area contributed by atoms with Crippen LogP contribution in [-0.4, -0.2) is 18.1 Å². The molecule has 0 bridgehead atoms. The summed E-state index contributed by atoms with van der Waals surface area (Å²) in [5.41, 5.74) is 0.834.